The Balaban J connectivity index is 1.11. The third-order valence-corrected chi connectivity index (χ3v) is 16.8. The van der Waals surface area contributed by atoms with Crippen LogP contribution in [-0.2, 0) is 0 Å². The van der Waals surface area contributed by atoms with Gasteiger partial charge in [-0.05, 0) is 82.9 Å². The molecule has 12 nitrogen and oxygen atoms in total. The van der Waals surface area contributed by atoms with Crippen molar-refractivity contribution in [3.8, 4) is 44.5 Å². The van der Waals surface area contributed by atoms with Crippen molar-refractivity contribution < 1.29 is 0 Å². The molecule has 0 unspecified atom stereocenters. The largest absolute Gasteiger partial charge is 0.294 e. The number of hydrogen-bond donors (Lipinski definition) is 0. The highest BCUT2D eigenvalue weighted by Gasteiger charge is 2.32. The minimum absolute atomic E-state index is 0.693. The minimum Gasteiger partial charge on any atom is -0.294 e. The number of hydrogen-bond acceptors (Lipinski definition) is 12. The first-order chi connectivity index (χ1) is 45.7. The topological polar surface area (TPSA) is 116 Å². The lowest BCUT2D eigenvalue weighted by Gasteiger charge is -2.34. The van der Waals surface area contributed by atoms with Gasteiger partial charge in [-0.2, -0.15) is 0 Å². The Morgan fingerprint density at radius 3 is 0.609 bits per heavy atom. The van der Waals surface area contributed by atoms with Gasteiger partial charge in [-0.15, -0.1) is 0 Å². The van der Waals surface area contributed by atoms with Crippen LogP contribution in [0.1, 0.15) is 0 Å². The van der Waals surface area contributed by atoms with Crippen LogP contribution in [0.5, 0.6) is 0 Å². The lowest BCUT2D eigenvalue weighted by Crippen LogP contribution is -2.18. The van der Waals surface area contributed by atoms with Gasteiger partial charge in [0.25, 0.3) is 0 Å². The third kappa shape index (κ3) is 9.86. The standard InChI is InChI=1S/C80H54N12/c1-9-25-55(26-10-1)67-47-81-51-85-77(67)89(59-33-17-5-18-34-59)71-45-72(90(60-35-19-6-20-36-60)78-68(48-82-52-86-78)56-27-11-2-12-28-56)64-43-44-66-74(92(62-39-23-8-24-40-62)80-70(50-84-54-88-80)58-31-15-4-16-32-58)46-73(65-42-41-63(71)75(64)76(65)66)91(61-37-21-7-22-38-61)79-69(49-83-53-87-79)57-29-13-3-14-30-57/h1-54H. The van der Waals surface area contributed by atoms with Crippen LogP contribution in [0.25, 0.3) is 76.8 Å². The van der Waals surface area contributed by atoms with Crippen molar-refractivity contribution in [3.63, 3.8) is 0 Å². The van der Waals surface area contributed by atoms with E-state index < -0.39 is 0 Å². The van der Waals surface area contributed by atoms with E-state index in [9.17, 15) is 0 Å². The van der Waals surface area contributed by atoms with Gasteiger partial charge in [0.2, 0.25) is 0 Å². The van der Waals surface area contributed by atoms with Crippen LogP contribution in [0.3, 0.4) is 0 Å². The monoisotopic (exact) mass is 1180 g/mol. The minimum atomic E-state index is 0.693. The fourth-order valence-electron chi connectivity index (χ4n) is 12.8. The van der Waals surface area contributed by atoms with Crippen molar-refractivity contribution in [2.45, 2.75) is 0 Å². The lowest BCUT2D eigenvalue weighted by atomic mass is 9.89. The van der Waals surface area contributed by atoms with E-state index in [4.69, 9.17) is 39.9 Å². The van der Waals surface area contributed by atoms with E-state index in [1.54, 1.807) is 25.3 Å². The Bertz CT molecular complexity index is 4580. The zero-order chi connectivity index (χ0) is 61.2. The molecule has 16 rings (SSSR count). The van der Waals surface area contributed by atoms with Gasteiger partial charge >= 0.3 is 0 Å². The van der Waals surface area contributed by atoms with Gasteiger partial charge < -0.3 is 0 Å². The predicted molar refractivity (Wildman–Crippen MR) is 373 cm³/mol. The maximum atomic E-state index is 5.28. The Morgan fingerprint density at radius 2 is 0.402 bits per heavy atom. The number of aromatic nitrogens is 8. The van der Waals surface area contributed by atoms with E-state index in [1.807, 2.05) is 49.1 Å². The summed E-state index contributed by atoms with van der Waals surface area (Å²) in [7, 11) is 0. The van der Waals surface area contributed by atoms with Gasteiger partial charge in [0, 0.05) is 102 Å². The van der Waals surface area contributed by atoms with Gasteiger partial charge in [0.1, 0.15) is 48.6 Å². The van der Waals surface area contributed by atoms with Crippen LogP contribution in [0, 0.1) is 0 Å². The van der Waals surface area contributed by atoms with E-state index >= 15 is 0 Å². The maximum absolute atomic E-state index is 5.28. The molecule has 4 heterocycles. The van der Waals surface area contributed by atoms with Gasteiger partial charge in [-0.25, -0.2) is 39.9 Å². The average Bonchev–Trinajstić information content (AvgIpc) is 0.703. The fourth-order valence-corrected chi connectivity index (χ4v) is 12.8. The first-order valence-electron chi connectivity index (χ1n) is 30.3. The molecule has 0 atom stereocenters. The van der Waals surface area contributed by atoms with E-state index in [0.717, 1.165) is 122 Å². The molecule has 16 aromatic rings. The zero-order valence-electron chi connectivity index (χ0n) is 49.5. The predicted octanol–water partition coefficient (Wildman–Crippen LogP) is 20.3. The Morgan fingerprint density at radius 1 is 0.207 bits per heavy atom. The second-order valence-corrected chi connectivity index (χ2v) is 22.1. The summed E-state index contributed by atoms with van der Waals surface area (Å²) in [5, 5.41) is 5.81. The number of para-hydroxylation sites is 4. The van der Waals surface area contributed by atoms with Crippen molar-refractivity contribution in [1.82, 2.24) is 39.9 Å². The quantitative estimate of drug-likeness (QED) is 0.0858. The lowest BCUT2D eigenvalue weighted by molar-refractivity contribution is 1.11. The SMILES string of the molecule is c1ccc(-c2cncnc2N(c2ccccc2)c2cc(N(c3ccccc3)c3ncncc3-c3ccccc3)c3ccc4c(N(c5ccccc5)c5ncncc5-c5ccccc5)cc(N(c5ccccc5)c5ncncc5-c5ccccc5)c5ccc2c3c54)cc1. The molecule has 0 radical (unpaired) electrons. The van der Waals surface area contributed by atoms with Crippen LogP contribution >= 0.6 is 0 Å². The summed E-state index contributed by atoms with van der Waals surface area (Å²) in [6, 6.07) is 97.2. The van der Waals surface area contributed by atoms with Crippen molar-refractivity contribution in [3.05, 3.63) is 329 Å². The highest BCUT2D eigenvalue weighted by atomic mass is 15.2. The van der Waals surface area contributed by atoms with Crippen LogP contribution in [0.15, 0.2) is 329 Å². The van der Waals surface area contributed by atoms with Crippen molar-refractivity contribution in [2.75, 3.05) is 19.6 Å². The fraction of sp³-hybridized carbons (Fsp3) is 0. The smallest absolute Gasteiger partial charge is 0.148 e. The molecule has 12 heteroatoms. The van der Waals surface area contributed by atoms with Crippen molar-refractivity contribution >= 4 is 101 Å². The highest BCUT2D eigenvalue weighted by molar-refractivity contribution is 6.33. The molecule has 434 valence electrons. The molecule has 0 amide bonds. The number of rotatable bonds is 16. The summed E-state index contributed by atoms with van der Waals surface area (Å²) in [4.78, 5) is 49.1. The Labute approximate surface area is 531 Å². The second-order valence-electron chi connectivity index (χ2n) is 22.1. The van der Waals surface area contributed by atoms with Crippen LogP contribution in [0.4, 0.5) is 68.8 Å². The summed E-state index contributed by atoms with van der Waals surface area (Å²) >= 11 is 0. The normalized spacial score (nSPS) is 11.3. The molecule has 0 aliphatic heterocycles. The van der Waals surface area contributed by atoms with Gasteiger partial charge in [-0.3, -0.25) is 19.6 Å². The summed E-state index contributed by atoms with van der Waals surface area (Å²) in [5.74, 6) is 2.77. The van der Waals surface area contributed by atoms with E-state index in [0.29, 0.717) is 23.3 Å². The molecular formula is C80H54N12. The Hall–Kier alpha value is -12.8. The van der Waals surface area contributed by atoms with Crippen LogP contribution in [-0.4, -0.2) is 39.9 Å². The molecule has 12 aromatic carbocycles. The molecule has 0 N–H and O–H groups in total. The van der Waals surface area contributed by atoms with Gasteiger partial charge in [-0.1, -0.05) is 218 Å². The first-order valence-corrected chi connectivity index (χ1v) is 30.3. The maximum Gasteiger partial charge on any atom is 0.148 e. The van der Waals surface area contributed by atoms with Crippen LogP contribution in [0.2, 0.25) is 0 Å². The number of nitrogens with zero attached hydrogens (tertiary/aromatic N) is 12. The number of benzene rings is 12. The van der Waals surface area contributed by atoms with E-state index in [-0.39, 0.29) is 0 Å². The highest BCUT2D eigenvalue weighted by Crippen LogP contribution is 2.56. The summed E-state index contributed by atoms with van der Waals surface area (Å²) in [5.41, 5.74) is 14.3. The van der Waals surface area contributed by atoms with E-state index in [1.165, 1.54) is 0 Å². The molecule has 0 fully saturated rings. The summed E-state index contributed by atoms with van der Waals surface area (Å²) in [6.45, 7) is 0. The first kappa shape index (κ1) is 54.6. The molecule has 0 saturated carbocycles. The molecule has 0 bridgehead atoms. The average molecular weight is 1180 g/mol. The molecule has 0 aliphatic rings. The van der Waals surface area contributed by atoms with Gasteiger partial charge in [0.15, 0.2) is 0 Å². The molecule has 0 saturated heterocycles. The van der Waals surface area contributed by atoms with Crippen LogP contribution < -0.4 is 19.6 Å². The molecule has 4 aromatic heterocycles. The molecule has 92 heavy (non-hydrogen) atoms. The second kappa shape index (κ2) is 24.1. The van der Waals surface area contributed by atoms with E-state index in [2.05, 4.69) is 274 Å². The Kier molecular flexibility index (Phi) is 14.3. The number of anilines is 12. The molecular weight excluding hydrogens is 1130 g/mol. The molecule has 0 spiro atoms. The van der Waals surface area contributed by atoms with Crippen molar-refractivity contribution in [2.24, 2.45) is 0 Å². The van der Waals surface area contributed by atoms with Crippen molar-refractivity contribution in [1.29, 1.82) is 0 Å². The third-order valence-electron chi connectivity index (χ3n) is 16.8. The summed E-state index contributed by atoms with van der Waals surface area (Å²) in [6.07, 6.45) is 14.2. The zero-order valence-corrected chi connectivity index (χ0v) is 49.5. The summed E-state index contributed by atoms with van der Waals surface area (Å²) < 4.78 is 0. The van der Waals surface area contributed by atoms with Gasteiger partial charge in [0.05, 0.1) is 22.7 Å². The molecule has 0 aliphatic carbocycles.